The van der Waals surface area contributed by atoms with Crippen molar-refractivity contribution < 1.29 is 0 Å². The number of rotatable bonds is 0. The summed E-state index contributed by atoms with van der Waals surface area (Å²) < 4.78 is 0. The van der Waals surface area contributed by atoms with Crippen molar-refractivity contribution in [3.63, 3.8) is 0 Å². The fraction of sp³-hybridized carbons (Fsp3) is 0.867. The van der Waals surface area contributed by atoms with Crippen molar-refractivity contribution in [2.75, 3.05) is 26.2 Å². The van der Waals surface area contributed by atoms with Crippen LogP contribution in [0.4, 0.5) is 0 Å². The molecule has 4 aliphatic rings. The summed E-state index contributed by atoms with van der Waals surface area (Å²) in [6.45, 7) is 5.46. The molecule has 2 heteroatoms. The van der Waals surface area contributed by atoms with E-state index in [1.54, 1.807) is 0 Å². The number of piperidine rings is 4. The van der Waals surface area contributed by atoms with Gasteiger partial charge in [-0.2, -0.15) is 0 Å². The third kappa shape index (κ3) is 1.76. The summed E-state index contributed by atoms with van der Waals surface area (Å²) in [7, 11) is 0. The first-order chi connectivity index (χ1) is 8.42. The Morgan fingerprint density at radius 1 is 0.765 bits per heavy atom. The van der Waals surface area contributed by atoms with E-state index in [0.717, 1.165) is 23.9 Å². The van der Waals surface area contributed by atoms with Gasteiger partial charge in [-0.25, -0.2) is 0 Å². The van der Waals surface area contributed by atoms with Crippen LogP contribution < -0.4 is 0 Å². The fourth-order valence-electron chi connectivity index (χ4n) is 4.80. The highest BCUT2D eigenvalue weighted by Crippen LogP contribution is 2.42. The summed E-state index contributed by atoms with van der Waals surface area (Å²) in [5, 5.41) is 0. The van der Waals surface area contributed by atoms with Gasteiger partial charge in [0.1, 0.15) is 0 Å². The van der Waals surface area contributed by atoms with E-state index >= 15 is 0 Å². The van der Waals surface area contributed by atoms with Gasteiger partial charge in [0.15, 0.2) is 0 Å². The first-order valence-corrected chi connectivity index (χ1v) is 7.56. The molecule has 4 fully saturated rings. The van der Waals surface area contributed by atoms with Crippen LogP contribution in [-0.4, -0.2) is 48.1 Å². The topological polar surface area (TPSA) is 6.48 Å². The van der Waals surface area contributed by atoms with Crippen LogP contribution in [0.2, 0.25) is 0 Å². The number of fused-ring (bicyclic) bond motifs is 6. The molecular weight excluding hydrogens is 208 g/mol. The molecule has 0 aromatic heterocycles. The predicted molar refractivity (Wildman–Crippen MR) is 69.4 cm³/mol. The molecule has 2 nitrogen and oxygen atoms in total. The van der Waals surface area contributed by atoms with Gasteiger partial charge in [-0.15, -0.1) is 0 Å². The Kier molecular flexibility index (Phi) is 2.69. The quantitative estimate of drug-likeness (QED) is 0.630. The molecule has 4 atom stereocenters. The lowest BCUT2D eigenvalue weighted by Gasteiger charge is -2.56. The van der Waals surface area contributed by atoms with E-state index in [9.17, 15) is 0 Å². The number of nitrogens with zero attached hydrogens (tertiary/aromatic N) is 2. The van der Waals surface area contributed by atoms with Crippen LogP contribution in [0.5, 0.6) is 0 Å². The van der Waals surface area contributed by atoms with Gasteiger partial charge in [-0.05, 0) is 69.9 Å². The van der Waals surface area contributed by atoms with Crippen molar-refractivity contribution in [1.82, 2.24) is 9.80 Å². The van der Waals surface area contributed by atoms with Crippen molar-refractivity contribution >= 4 is 0 Å². The standard InChI is InChI=1S/C15H24N2/c1-3-7-16-11-13-9-12(14(16)5-1)10-17-8-4-2-6-15(13)17/h5-6,12-15H,1-4,7-11H2/t12-,13-,14?,15?/m1/s1. The monoisotopic (exact) mass is 232 g/mol. The Balaban J connectivity index is 1.56. The molecule has 0 saturated carbocycles. The fourth-order valence-corrected chi connectivity index (χ4v) is 4.80. The highest BCUT2D eigenvalue weighted by atomic mass is 15.3. The largest absolute Gasteiger partial charge is 0.299 e. The molecule has 4 rings (SSSR count). The van der Waals surface area contributed by atoms with Crippen molar-refractivity contribution in [3.8, 4) is 0 Å². The first kappa shape index (κ1) is 10.8. The maximum Gasteiger partial charge on any atom is 0.0167 e. The molecule has 4 heterocycles. The molecule has 0 amide bonds. The Morgan fingerprint density at radius 3 is 1.82 bits per heavy atom. The minimum absolute atomic E-state index is 0.822. The predicted octanol–water partition coefficient (Wildman–Crippen LogP) is 1.97. The normalized spacial score (nSPS) is 47.3. The lowest BCUT2D eigenvalue weighted by molar-refractivity contribution is -0.0446. The highest BCUT2D eigenvalue weighted by Gasteiger charge is 2.46. The second-order valence-electron chi connectivity index (χ2n) is 6.48. The Morgan fingerprint density at radius 2 is 1.29 bits per heavy atom. The third-order valence-electron chi connectivity index (χ3n) is 5.47. The first-order valence-electron chi connectivity index (χ1n) is 7.56. The van der Waals surface area contributed by atoms with Crippen LogP contribution in [0.25, 0.3) is 0 Å². The second kappa shape index (κ2) is 4.24. The molecule has 17 heavy (non-hydrogen) atoms. The maximum absolute atomic E-state index is 2.79. The second-order valence-corrected chi connectivity index (χ2v) is 6.48. The summed E-state index contributed by atoms with van der Waals surface area (Å²) in [4.78, 5) is 5.59. The molecule has 0 aromatic carbocycles. The zero-order valence-corrected chi connectivity index (χ0v) is 10.7. The van der Waals surface area contributed by atoms with Crippen LogP contribution in [0.3, 0.4) is 0 Å². The molecule has 0 N–H and O–H groups in total. The molecule has 94 valence electrons. The summed E-state index contributed by atoms with van der Waals surface area (Å²) in [6, 6.07) is 1.64. The van der Waals surface area contributed by atoms with E-state index < -0.39 is 0 Å². The zero-order chi connectivity index (χ0) is 11.2. The summed E-state index contributed by atoms with van der Waals surface area (Å²) in [6.07, 6.45) is 12.3. The molecule has 0 spiro atoms. The van der Waals surface area contributed by atoms with Crippen molar-refractivity contribution in [2.24, 2.45) is 11.8 Å². The molecule has 4 aliphatic heterocycles. The van der Waals surface area contributed by atoms with Gasteiger partial charge in [0.05, 0.1) is 0 Å². The Labute approximate surface area is 105 Å². The molecule has 0 aliphatic carbocycles. The van der Waals surface area contributed by atoms with E-state index in [1.165, 1.54) is 58.3 Å². The minimum atomic E-state index is 0.822. The third-order valence-corrected chi connectivity index (χ3v) is 5.47. The summed E-state index contributed by atoms with van der Waals surface area (Å²) in [5.74, 6) is 1.88. The van der Waals surface area contributed by atoms with Crippen LogP contribution in [-0.2, 0) is 0 Å². The average molecular weight is 232 g/mol. The van der Waals surface area contributed by atoms with Crippen LogP contribution in [0, 0.1) is 24.7 Å². The van der Waals surface area contributed by atoms with Gasteiger partial charge in [-0.1, -0.05) is 0 Å². The molecule has 2 bridgehead atoms. The van der Waals surface area contributed by atoms with Gasteiger partial charge in [0.2, 0.25) is 0 Å². The van der Waals surface area contributed by atoms with Crippen LogP contribution in [0.15, 0.2) is 0 Å². The average Bonchev–Trinajstić information content (AvgIpc) is 2.39. The van der Waals surface area contributed by atoms with E-state index in [2.05, 4.69) is 22.6 Å². The van der Waals surface area contributed by atoms with Gasteiger partial charge in [0, 0.05) is 25.2 Å². The van der Waals surface area contributed by atoms with E-state index in [0.29, 0.717) is 0 Å². The molecule has 0 aromatic rings. The van der Waals surface area contributed by atoms with Crippen LogP contribution >= 0.6 is 0 Å². The van der Waals surface area contributed by atoms with Crippen molar-refractivity contribution in [3.05, 3.63) is 12.8 Å². The van der Waals surface area contributed by atoms with E-state index in [4.69, 9.17) is 0 Å². The van der Waals surface area contributed by atoms with Crippen LogP contribution in [0.1, 0.15) is 32.1 Å². The lowest BCUT2D eigenvalue weighted by Crippen LogP contribution is -2.63. The van der Waals surface area contributed by atoms with Gasteiger partial charge >= 0.3 is 0 Å². The smallest absolute Gasteiger partial charge is 0.0167 e. The molecule has 2 radical (unpaired) electrons. The lowest BCUT2D eigenvalue weighted by atomic mass is 9.71. The Bertz CT molecular complexity index is 263. The summed E-state index contributed by atoms with van der Waals surface area (Å²) >= 11 is 0. The van der Waals surface area contributed by atoms with E-state index in [1.807, 2.05) is 0 Å². The minimum Gasteiger partial charge on any atom is -0.299 e. The molecule has 4 saturated heterocycles. The number of hydrogen-bond donors (Lipinski definition) is 0. The summed E-state index contributed by atoms with van der Waals surface area (Å²) in [5.41, 5.74) is 0. The zero-order valence-electron chi connectivity index (χ0n) is 10.7. The Hall–Kier alpha value is -0.0800. The highest BCUT2D eigenvalue weighted by molar-refractivity contribution is 5.08. The molecule has 2 unspecified atom stereocenters. The van der Waals surface area contributed by atoms with E-state index in [-0.39, 0.29) is 0 Å². The molecular formula is C15H24N2. The maximum atomic E-state index is 2.79. The van der Waals surface area contributed by atoms with Gasteiger partial charge in [-0.3, -0.25) is 9.80 Å². The van der Waals surface area contributed by atoms with Gasteiger partial charge < -0.3 is 0 Å². The van der Waals surface area contributed by atoms with Crippen molar-refractivity contribution in [1.29, 1.82) is 0 Å². The number of hydrogen-bond acceptors (Lipinski definition) is 2. The van der Waals surface area contributed by atoms with Gasteiger partial charge in [0.25, 0.3) is 0 Å². The SMILES string of the molecule is [CH]1CCCN2C[C@H]3C[C@H](CN4CCC[CH]C34)C12. The van der Waals surface area contributed by atoms with Crippen molar-refractivity contribution in [2.45, 2.75) is 44.2 Å².